The molecule has 1 N–H and O–H groups in total. The van der Waals surface area contributed by atoms with Crippen LogP contribution >= 0.6 is 0 Å². The van der Waals surface area contributed by atoms with E-state index in [-0.39, 0.29) is 17.7 Å². The third-order valence-electron chi connectivity index (χ3n) is 5.35. The predicted octanol–water partition coefficient (Wildman–Crippen LogP) is 2.59. The van der Waals surface area contributed by atoms with E-state index >= 15 is 0 Å². The smallest absolute Gasteiger partial charge is 0.259 e. The zero-order valence-corrected chi connectivity index (χ0v) is 14.6. The second kappa shape index (κ2) is 7.36. The van der Waals surface area contributed by atoms with Crippen molar-refractivity contribution in [1.82, 2.24) is 15.4 Å². The highest BCUT2D eigenvalue weighted by Crippen LogP contribution is 2.23. The third kappa shape index (κ3) is 3.62. The lowest BCUT2D eigenvalue weighted by atomic mass is 9.92. The summed E-state index contributed by atoms with van der Waals surface area (Å²) in [5.74, 6) is 0.735. The maximum Gasteiger partial charge on any atom is 0.259 e. The van der Waals surface area contributed by atoms with E-state index in [9.17, 15) is 9.59 Å². The Morgan fingerprint density at radius 3 is 2.33 bits per heavy atom. The van der Waals surface area contributed by atoms with E-state index in [4.69, 9.17) is 4.52 Å². The number of carbonyl (C=O) groups is 2. The van der Waals surface area contributed by atoms with Crippen LogP contribution in [0.3, 0.4) is 0 Å². The Balaban J connectivity index is 1.52. The standard InChI is InChI=1S/C18H27N3O3/c1-12-16(13(2)24-20-12)18(23)21-10-8-14(9-11-21)17(22)19-15-6-4-3-5-7-15/h14-15H,3-11H2,1-2H3,(H,19,22). The van der Waals surface area contributed by atoms with Gasteiger partial charge < -0.3 is 14.7 Å². The minimum atomic E-state index is -0.0302. The summed E-state index contributed by atoms with van der Waals surface area (Å²) < 4.78 is 5.09. The van der Waals surface area contributed by atoms with E-state index < -0.39 is 0 Å². The number of nitrogens with zero attached hydrogens (tertiary/aromatic N) is 2. The molecule has 0 bridgehead atoms. The van der Waals surface area contributed by atoms with Gasteiger partial charge in [0.25, 0.3) is 5.91 Å². The van der Waals surface area contributed by atoms with Gasteiger partial charge >= 0.3 is 0 Å². The number of aromatic nitrogens is 1. The minimum Gasteiger partial charge on any atom is -0.361 e. The summed E-state index contributed by atoms with van der Waals surface area (Å²) in [6, 6.07) is 0.355. The highest BCUT2D eigenvalue weighted by atomic mass is 16.5. The van der Waals surface area contributed by atoms with Gasteiger partial charge in [-0.05, 0) is 39.5 Å². The van der Waals surface area contributed by atoms with Crippen molar-refractivity contribution in [3.05, 3.63) is 17.0 Å². The number of amides is 2. The first-order valence-corrected chi connectivity index (χ1v) is 9.08. The van der Waals surface area contributed by atoms with Crippen LogP contribution in [0.4, 0.5) is 0 Å². The van der Waals surface area contributed by atoms with Crippen molar-refractivity contribution in [3.63, 3.8) is 0 Å². The van der Waals surface area contributed by atoms with E-state index in [1.54, 1.807) is 13.8 Å². The zero-order valence-electron chi connectivity index (χ0n) is 14.6. The monoisotopic (exact) mass is 333 g/mol. The molecule has 6 heteroatoms. The van der Waals surface area contributed by atoms with Gasteiger partial charge in [0.2, 0.25) is 5.91 Å². The highest BCUT2D eigenvalue weighted by molar-refractivity contribution is 5.96. The maximum absolute atomic E-state index is 12.6. The maximum atomic E-state index is 12.6. The molecule has 2 fully saturated rings. The molecule has 0 spiro atoms. The van der Waals surface area contributed by atoms with Gasteiger partial charge in [-0.1, -0.05) is 24.4 Å². The molecular weight excluding hydrogens is 306 g/mol. The van der Waals surface area contributed by atoms with Gasteiger partial charge in [-0.15, -0.1) is 0 Å². The SMILES string of the molecule is Cc1noc(C)c1C(=O)N1CCC(C(=O)NC2CCCCC2)CC1. The van der Waals surface area contributed by atoms with Gasteiger partial charge in [-0.3, -0.25) is 9.59 Å². The summed E-state index contributed by atoms with van der Waals surface area (Å²) in [6.07, 6.45) is 7.39. The van der Waals surface area contributed by atoms with Crippen LogP contribution in [0.15, 0.2) is 4.52 Å². The second-order valence-electron chi connectivity index (χ2n) is 7.11. The molecule has 1 aliphatic carbocycles. The normalized spacial score (nSPS) is 20.2. The predicted molar refractivity (Wildman–Crippen MR) is 89.6 cm³/mol. The molecule has 2 heterocycles. The van der Waals surface area contributed by atoms with Crippen LogP contribution in [-0.2, 0) is 4.79 Å². The first-order valence-electron chi connectivity index (χ1n) is 9.08. The Morgan fingerprint density at radius 2 is 1.75 bits per heavy atom. The molecule has 3 rings (SSSR count). The summed E-state index contributed by atoms with van der Waals surface area (Å²) in [6.45, 7) is 4.78. The summed E-state index contributed by atoms with van der Waals surface area (Å²) in [5.41, 5.74) is 1.20. The Morgan fingerprint density at radius 1 is 1.08 bits per heavy atom. The first kappa shape index (κ1) is 17.0. The molecule has 0 unspecified atom stereocenters. The average molecular weight is 333 g/mol. The number of rotatable bonds is 3. The minimum absolute atomic E-state index is 0.0284. The Labute approximate surface area is 142 Å². The number of carbonyl (C=O) groups excluding carboxylic acids is 2. The molecular formula is C18H27N3O3. The van der Waals surface area contributed by atoms with Crippen LogP contribution in [0.1, 0.15) is 66.8 Å². The number of aryl methyl sites for hydroxylation is 2. The van der Waals surface area contributed by atoms with Crippen molar-refractivity contribution in [3.8, 4) is 0 Å². The van der Waals surface area contributed by atoms with Gasteiger partial charge in [0.05, 0.1) is 5.69 Å². The average Bonchev–Trinajstić information content (AvgIpc) is 2.94. The number of hydrogen-bond donors (Lipinski definition) is 1. The molecule has 1 saturated heterocycles. The topological polar surface area (TPSA) is 75.4 Å². The van der Waals surface area contributed by atoms with Crippen molar-refractivity contribution in [2.75, 3.05) is 13.1 Å². The van der Waals surface area contributed by atoms with E-state index in [1.807, 2.05) is 4.90 Å². The quantitative estimate of drug-likeness (QED) is 0.922. The van der Waals surface area contributed by atoms with Gasteiger partial charge in [0.15, 0.2) is 0 Å². The highest BCUT2D eigenvalue weighted by Gasteiger charge is 2.31. The Kier molecular flexibility index (Phi) is 5.21. The van der Waals surface area contributed by atoms with Crippen molar-refractivity contribution in [2.45, 2.75) is 64.8 Å². The number of hydrogen-bond acceptors (Lipinski definition) is 4. The van der Waals surface area contributed by atoms with E-state index in [2.05, 4.69) is 10.5 Å². The number of piperidine rings is 1. The first-order chi connectivity index (χ1) is 11.6. The molecule has 0 radical (unpaired) electrons. The summed E-state index contributed by atoms with van der Waals surface area (Å²) in [4.78, 5) is 26.9. The molecule has 24 heavy (non-hydrogen) atoms. The third-order valence-corrected chi connectivity index (χ3v) is 5.35. The van der Waals surface area contributed by atoms with E-state index in [1.165, 1.54) is 19.3 Å². The van der Waals surface area contributed by atoms with Crippen LogP contribution in [0.5, 0.6) is 0 Å². The fourth-order valence-electron chi connectivity index (χ4n) is 3.86. The fourth-order valence-corrected chi connectivity index (χ4v) is 3.86. The zero-order chi connectivity index (χ0) is 17.1. The molecule has 1 aromatic rings. The van der Waals surface area contributed by atoms with E-state index in [0.29, 0.717) is 36.1 Å². The molecule has 6 nitrogen and oxygen atoms in total. The van der Waals surface area contributed by atoms with Crippen LogP contribution in [0.2, 0.25) is 0 Å². The van der Waals surface area contributed by atoms with Crippen LogP contribution in [0.25, 0.3) is 0 Å². The molecule has 2 aliphatic rings. The fraction of sp³-hybridized carbons (Fsp3) is 0.722. The Bertz CT molecular complexity index is 577. The molecule has 1 aromatic heterocycles. The van der Waals surface area contributed by atoms with Crippen LogP contribution < -0.4 is 5.32 Å². The van der Waals surface area contributed by atoms with E-state index in [0.717, 1.165) is 25.7 Å². The lowest BCUT2D eigenvalue weighted by Crippen LogP contribution is -2.45. The van der Waals surface area contributed by atoms with Crippen LogP contribution in [0, 0.1) is 19.8 Å². The van der Waals surface area contributed by atoms with Crippen LogP contribution in [-0.4, -0.2) is 41.0 Å². The van der Waals surface area contributed by atoms with Gasteiger partial charge in [-0.2, -0.15) is 0 Å². The number of nitrogens with one attached hydrogen (secondary N) is 1. The molecule has 1 saturated carbocycles. The lowest BCUT2D eigenvalue weighted by molar-refractivity contribution is -0.127. The lowest BCUT2D eigenvalue weighted by Gasteiger charge is -2.32. The van der Waals surface area contributed by atoms with Crippen molar-refractivity contribution >= 4 is 11.8 Å². The molecule has 0 atom stereocenters. The Hall–Kier alpha value is -1.85. The van der Waals surface area contributed by atoms with Gasteiger partial charge in [0, 0.05) is 25.0 Å². The summed E-state index contributed by atoms with van der Waals surface area (Å²) >= 11 is 0. The second-order valence-corrected chi connectivity index (χ2v) is 7.11. The van der Waals surface area contributed by atoms with Crippen molar-refractivity contribution in [1.29, 1.82) is 0 Å². The largest absolute Gasteiger partial charge is 0.361 e. The summed E-state index contributed by atoms with van der Waals surface area (Å²) in [7, 11) is 0. The molecule has 1 aliphatic heterocycles. The summed E-state index contributed by atoms with van der Waals surface area (Å²) in [5, 5.41) is 7.06. The molecule has 132 valence electrons. The number of likely N-dealkylation sites (tertiary alicyclic amines) is 1. The molecule has 0 aromatic carbocycles. The van der Waals surface area contributed by atoms with Gasteiger partial charge in [0.1, 0.15) is 11.3 Å². The van der Waals surface area contributed by atoms with Crippen molar-refractivity contribution < 1.29 is 14.1 Å². The molecule has 2 amide bonds. The van der Waals surface area contributed by atoms with Gasteiger partial charge in [-0.25, -0.2) is 0 Å². The van der Waals surface area contributed by atoms with Crippen molar-refractivity contribution in [2.24, 2.45) is 5.92 Å².